The average molecular weight is 276 g/mol. The molecule has 0 radical (unpaired) electrons. The van der Waals surface area contributed by atoms with Gasteiger partial charge in [-0.3, -0.25) is 9.69 Å². The number of hydrogen-bond acceptors (Lipinski definition) is 3. The third-order valence-electron chi connectivity index (χ3n) is 3.92. The first kappa shape index (κ1) is 14.9. The lowest BCUT2D eigenvalue weighted by atomic mass is 10.0. The fourth-order valence-corrected chi connectivity index (χ4v) is 2.69. The van der Waals surface area contributed by atoms with E-state index >= 15 is 0 Å². The highest BCUT2D eigenvalue weighted by atomic mass is 16.5. The van der Waals surface area contributed by atoms with Gasteiger partial charge in [0.05, 0.1) is 19.3 Å². The Morgan fingerprint density at radius 1 is 1.45 bits per heavy atom. The van der Waals surface area contributed by atoms with Crippen molar-refractivity contribution >= 4 is 11.6 Å². The predicted octanol–water partition coefficient (Wildman–Crippen LogP) is 2.82. The minimum absolute atomic E-state index is 0.0302. The van der Waals surface area contributed by atoms with Gasteiger partial charge < -0.3 is 10.1 Å². The quantitative estimate of drug-likeness (QED) is 0.919. The Morgan fingerprint density at radius 2 is 2.25 bits per heavy atom. The zero-order valence-corrected chi connectivity index (χ0v) is 12.6. The van der Waals surface area contributed by atoms with Crippen LogP contribution in [0.1, 0.15) is 31.7 Å². The van der Waals surface area contributed by atoms with E-state index in [1.165, 1.54) is 19.3 Å². The van der Waals surface area contributed by atoms with Crippen molar-refractivity contribution in [2.24, 2.45) is 0 Å². The summed E-state index contributed by atoms with van der Waals surface area (Å²) < 4.78 is 5.28. The third-order valence-corrected chi connectivity index (χ3v) is 3.92. The lowest BCUT2D eigenvalue weighted by molar-refractivity contribution is -0.118. The molecule has 0 bridgehead atoms. The molecule has 1 aromatic rings. The van der Waals surface area contributed by atoms with Crippen LogP contribution in [-0.2, 0) is 4.79 Å². The predicted molar refractivity (Wildman–Crippen MR) is 81.2 cm³/mol. The standard InChI is InChI=1S/C16H24N2O2/c1-12-7-8-15(20-3)14(10-12)17-16(19)11-18-9-5-4-6-13(18)2/h7-8,10,13H,4-6,9,11H2,1-3H3,(H,17,19)/t13-/m0/s1. The number of aryl methyl sites for hydroxylation is 1. The van der Waals surface area contributed by atoms with Gasteiger partial charge >= 0.3 is 0 Å². The Balaban J connectivity index is 1.99. The van der Waals surface area contributed by atoms with Crippen LogP contribution in [0.4, 0.5) is 5.69 Å². The molecule has 1 aliphatic rings. The third kappa shape index (κ3) is 3.73. The monoisotopic (exact) mass is 276 g/mol. The van der Waals surface area contributed by atoms with Crippen LogP contribution in [0, 0.1) is 6.92 Å². The zero-order valence-electron chi connectivity index (χ0n) is 12.6. The first-order chi connectivity index (χ1) is 9.60. The average Bonchev–Trinajstić information content (AvgIpc) is 2.41. The van der Waals surface area contributed by atoms with Crippen molar-refractivity contribution in [2.45, 2.75) is 39.2 Å². The van der Waals surface area contributed by atoms with Gasteiger partial charge in [-0.25, -0.2) is 0 Å². The van der Waals surface area contributed by atoms with Crippen LogP contribution < -0.4 is 10.1 Å². The smallest absolute Gasteiger partial charge is 0.238 e. The highest BCUT2D eigenvalue weighted by Gasteiger charge is 2.20. The molecule has 0 spiro atoms. The first-order valence-electron chi connectivity index (χ1n) is 7.28. The van der Waals surface area contributed by atoms with Crippen LogP contribution in [0.15, 0.2) is 18.2 Å². The van der Waals surface area contributed by atoms with Crippen molar-refractivity contribution in [3.8, 4) is 5.75 Å². The van der Waals surface area contributed by atoms with E-state index < -0.39 is 0 Å². The Morgan fingerprint density at radius 3 is 2.95 bits per heavy atom. The van der Waals surface area contributed by atoms with Crippen LogP contribution in [0.2, 0.25) is 0 Å². The molecule has 1 amide bonds. The normalized spacial score (nSPS) is 19.6. The minimum Gasteiger partial charge on any atom is -0.495 e. The Hall–Kier alpha value is -1.55. The van der Waals surface area contributed by atoms with Gasteiger partial charge in [0.1, 0.15) is 5.75 Å². The van der Waals surface area contributed by atoms with Gasteiger partial charge in [-0.1, -0.05) is 12.5 Å². The van der Waals surface area contributed by atoms with Crippen molar-refractivity contribution in [3.63, 3.8) is 0 Å². The summed E-state index contributed by atoms with van der Waals surface area (Å²) in [6, 6.07) is 6.29. The van der Waals surface area contributed by atoms with Gasteiger partial charge in [-0.15, -0.1) is 0 Å². The second-order valence-corrected chi connectivity index (χ2v) is 5.57. The van der Waals surface area contributed by atoms with E-state index in [2.05, 4.69) is 17.1 Å². The van der Waals surface area contributed by atoms with Gasteiger partial charge in [0.2, 0.25) is 5.91 Å². The van der Waals surface area contributed by atoms with E-state index in [1.807, 2.05) is 25.1 Å². The lowest BCUT2D eigenvalue weighted by Crippen LogP contribution is -2.42. The molecule has 4 nitrogen and oxygen atoms in total. The highest BCUT2D eigenvalue weighted by molar-refractivity contribution is 5.93. The number of likely N-dealkylation sites (tertiary alicyclic amines) is 1. The number of hydrogen-bond donors (Lipinski definition) is 1. The molecule has 110 valence electrons. The van der Waals surface area contributed by atoms with Crippen LogP contribution in [-0.4, -0.2) is 37.0 Å². The molecular formula is C16H24N2O2. The fraction of sp³-hybridized carbons (Fsp3) is 0.562. The topological polar surface area (TPSA) is 41.6 Å². The van der Waals surface area contributed by atoms with Crippen molar-refractivity contribution in [1.29, 1.82) is 0 Å². The molecule has 20 heavy (non-hydrogen) atoms. The van der Waals surface area contributed by atoms with E-state index in [1.54, 1.807) is 7.11 Å². The Bertz CT molecular complexity index is 474. The van der Waals surface area contributed by atoms with Gasteiger partial charge in [0.15, 0.2) is 0 Å². The molecule has 1 saturated heterocycles. The van der Waals surface area contributed by atoms with Gasteiger partial charge in [-0.2, -0.15) is 0 Å². The van der Waals surface area contributed by atoms with Crippen molar-refractivity contribution in [1.82, 2.24) is 4.90 Å². The molecular weight excluding hydrogens is 252 g/mol. The summed E-state index contributed by atoms with van der Waals surface area (Å²) >= 11 is 0. The summed E-state index contributed by atoms with van der Waals surface area (Å²) in [6.45, 7) is 5.67. The van der Waals surface area contributed by atoms with Gasteiger partial charge in [-0.05, 0) is 50.9 Å². The number of methoxy groups -OCH3 is 1. The number of ether oxygens (including phenoxy) is 1. The van der Waals surface area contributed by atoms with Gasteiger partial charge in [0.25, 0.3) is 0 Å². The summed E-state index contributed by atoms with van der Waals surface area (Å²) in [4.78, 5) is 14.4. The van der Waals surface area contributed by atoms with E-state index in [0.717, 1.165) is 17.8 Å². The molecule has 1 heterocycles. The van der Waals surface area contributed by atoms with E-state index in [0.29, 0.717) is 18.3 Å². The molecule has 1 aromatic carbocycles. The van der Waals surface area contributed by atoms with Crippen LogP contribution in [0.3, 0.4) is 0 Å². The summed E-state index contributed by atoms with van der Waals surface area (Å²) in [5.74, 6) is 0.735. The van der Waals surface area contributed by atoms with Crippen molar-refractivity contribution < 1.29 is 9.53 Å². The number of carbonyl (C=O) groups is 1. The molecule has 1 N–H and O–H groups in total. The highest BCUT2D eigenvalue weighted by Crippen LogP contribution is 2.25. The van der Waals surface area contributed by atoms with Gasteiger partial charge in [0, 0.05) is 6.04 Å². The van der Waals surface area contributed by atoms with Crippen molar-refractivity contribution in [3.05, 3.63) is 23.8 Å². The molecule has 4 heteroatoms. The summed E-state index contributed by atoms with van der Waals surface area (Å²) in [6.07, 6.45) is 3.64. The van der Waals surface area contributed by atoms with Crippen LogP contribution >= 0.6 is 0 Å². The number of rotatable bonds is 4. The van der Waals surface area contributed by atoms with E-state index in [4.69, 9.17) is 4.74 Å². The SMILES string of the molecule is COc1ccc(C)cc1NC(=O)CN1CCCC[C@@H]1C. The summed E-state index contributed by atoms with van der Waals surface area (Å²) in [5, 5.41) is 2.96. The Labute approximate surface area is 121 Å². The lowest BCUT2D eigenvalue weighted by Gasteiger charge is -2.32. The molecule has 1 fully saturated rings. The largest absolute Gasteiger partial charge is 0.495 e. The number of piperidine rings is 1. The first-order valence-corrected chi connectivity index (χ1v) is 7.28. The number of carbonyl (C=O) groups excluding carboxylic acids is 1. The molecule has 0 aromatic heterocycles. The second-order valence-electron chi connectivity index (χ2n) is 5.57. The molecule has 0 unspecified atom stereocenters. The number of nitrogens with one attached hydrogen (secondary N) is 1. The zero-order chi connectivity index (χ0) is 14.5. The second kappa shape index (κ2) is 6.75. The number of anilines is 1. The van der Waals surface area contributed by atoms with Crippen LogP contribution in [0.25, 0.3) is 0 Å². The number of benzene rings is 1. The molecule has 2 rings (SSSR count). The number of amides is 1. The molecule has 1 aliphatic heterocycles. The maximum atomic E-state index is 12.2. The van der Waals surface area contributed by atoms with Crippen molar-refractivity contribution in [2.75, 3.05) is 25.5 Å². The fourth-order valence-electron chi connectivity index (χ4n) is 2.69. The summed E-state index contributed by atoms with van der Waals surface area (Å²) in [5.41, 5.74) is 1.86. The van der Waals surface area contributed by atoms with E-state index in [9.17, 15) is 4.79 Å². The molecule has 0 aliphatic carbocycles. The Kier molecular flexibility index (Phi) is 5.01. The maximum Gasteiger partial charge on any atom is 0.238 e. The van der Waals surface area contributed by atoms with E-state index in [-0.39, 0.29) is 5.91 Å². The van der Waals surface area contributed by atoms with Crippen LogP contribution in [0.5, 0.6) is 5.75 Å². The minimum atomic E-state index is 0.0302. The molecule has 1 atom stereocenters. The molecule has 0 saturated carbocycles. The summed E-state index contributed by atoms with van der Waals surface area (Å²) in [7, 11) is 1.62. The number of nitrogens with zero attached hydrogens (tertiary/aromatic N) is 1. The maximum absolute atomic E-state index is 12.2.